The molecule has 1 amide bonds. The molecule has 0 bridgehead atoms. The predicted molar refractivity (Wildman–Crippen MR) is 92.6 cm³/mol. The summed E-state index contributed by atoms with van der Waals surface area (Å²) in [7, 11) is 4.73. The highest BCUT2D eigenvalue weighted by atomic mass is 19.3. The zero-order valence-corrected chi connectivity index (χ0v) is 15.6. The third-order valence-corrected chi connectivity index (χ3v) is 3.77. The lowest BCUT2D eigenvalue weighted by Gasteiger charge is -2.19. The highest BCUT2D eigenvalue weighted by Gasteiger charge is 2.17. The molecule has 0 unspecified atom stereocenters. The number of rotatable bonds is 9. The summed E-state index contributed by atoms with van der Waals surface area (Å²) in [5.41, 5.74) is 0.524. The molecule has 0 saturated heterocycles. The first-order valence-electron chi connectivity index (χ1n) is 8.22. The lowest BCUT2D eigenvalue weighted by molar-refractivity contribution is -0.130. The summed E-state index contributed by atoms with van der Waals surface area (Å²) >= 11 is 0. The topological polar surface area (TPSA) is 80.9 Å². The Kier molecular flexibility index (Phi) is 7.05. The number of alkyl halides is 2. The number of amides is 1. The van der Waals surface area contributed by atoms with E-state index in [2.05, 4.69) is 14.9 Å². The molecule has 27 heavy (non-hydrogen) atoms. The Balaban J connectivity index is 2.13. The molecule has 8 nitrogen and oxygen atoms in total. The monoisotopic (exact) mass is 384 g/mol. The van der Waals surface area contributed by atoms with Gasteiger partial charge >= 0.3 is 6.61 Å². The third kappa shape index (κ3) is 5.61. The average molecular weight is 384 g/mol. The van der Waals surface area contributed by atoms with E-state index < -0.39 is 6.61 Å². The lowest BCUT2D eigenvalue weighted by atomic mass is 10.2. The van der Waals surface area contributed by atoms with Gasteiger partial charge in [0, 0.05) is 19.7 Å². The molecule has 0 fully saturated rings. The summed E-state index contributed by atoms with van der Waals surface area (Å²) in [5.74, 6) is 0.633. The number of carbonyl (C=O) groups is 1. The molecule has 10 heteroatoms. The number of carbonyl (C=O) groups excluding carboxylic acids is 1. The van der Waals surface area contributed by atoms with Crippen LogP contribution in [0.5, 0.6) is 11.5 Å². The van der Waals surface area contributed by atoms with E-state index in [0.717, 1.165) is 0 Å². The van der Waals surface area contributed by atoms with Crippen LogP contribution in [-0.4, -0.2) is 66.8 Å². The van der Waals surface area contributed by atoms with Crippen LogP contribution in [0.2, 0.25) is 0 Å². The third-order valence-electron chi connectivity index (χ3n) is 3.77. The van der Waals surface area contributed by atoms with Gasteiger partial charge in [0.15, 0.2) is 11.5 Å². The standard InChI is InChI=1S/C17H22F2N4O4/c1-5-23(10-15(24)22(2)3)9-14-20-16(21-27-14)11-6-7-12(26-17(18)19)13(8-11)25-4/h6-8,17H,5,9-10H2,1-4H3. The second-order valence-corrected chi connectivity index (χ2v) is 5.85. The molecule has 0 atom stereocenters. The van der Waals surface area contributed by atoms with Crippen LogP contribution in [-0.2, 0) is 11.3 Å². The maximum absolute atomic E-state index is 12.4. The van der Waals surface area contributed by atoms with E-state index >= 15 is 0 Å². The molecule has 0 radical (unpaired) electrons. The molecule has 1 heterocycles. The van der Waals surface area contributed by atoms with Gasteiger partial charge in [-0.1, -0.05) is 12.1 Å². The van der Waals surface area contributed by atoms with Crippen LogP contribution < -0.4 is 9.47 Å². The largest absolute Gasteiger partial charge is 0.493 e. The zero-order valence-electron chi connectivity index (χ0n) is 15.6. The van der Waals surface area contributed by atoms with Gasteiger partial charge in [0.2, 0.25) is 17.6 Å². The lowest BCUT2D eigenvalue weighted by Crippen LogP contribution is -2.36. The molecular weight excluding hydrogens is 362 g/mol. The molecule has 0 aliphatic rings. The Morgan fingerprint density at radius 1 is 1.30 bits per heavy atom. The summed E-state index contributed by atoms with van der Waals surface area (Å²) < 4.78 is 39.5. The molecule has 148 valence electrons. The fourth-order valence-corrected chi connectivity index (χ4v) is 2.24. The maximum Gasteiger partial charge on any atom is 0.387 e. The fraction of sp³-hybridized carbons (Fsp3) is 0.471. The van der Waals surface area contributed by atoms with Gasteiger partial charge in [-0.3, -0.25) is 9.69 Å². The van der Waals surface area contributed by atoms with Gasteiger partial charge in [-0.25, -0.2) is 0 Å². The average Bonchev–Trinajstić information content (AvgIpc) is 3.09. The number of methoxy groups -OCH3 is 1. The fourth-order valence-electron chi connectivity index (χ4n) is 2.24. The quantitative estimate of drug-likeness (QED) is 0.656. The number of benzene rings is 1. The smallest absolute Gasteiger partial charge is 0.387 e. The highest BCUT2D eigenvalue weighted by molar-refractivity contribution is 5.77. The molecule has 0 spiro atoms. The van der Waals surface area contributed by atoms with Crippen LogP contribution in [0.3, 0.4) is 0 Å². The van der Waals surface area contributed by atoms with Gasteiger partial charge in [-0.2, -0.15) is 13.8 Å². The van der Waals surface area contributed by atoms with E-state index in [9.17, 15) is 13.6 Å². The van der Waals surface area contributed by atoms with Crippen molar-refractivity contribution < 1.29 is 27.6 Å². The molecule has 0 aliphatic carbocycles. The Bertz CT molecular complexity index is 767. The van der Waals surface area contributed by atoms with Crippen LogP contribution in [0.4, 0.5) is 8.78 Å². The number of ether oxygens (including phenoxy) is 2. The van der Waals surface area contributed by atoms with E-state index in [1.807, 2.05) is 11.8 Å². The van der Waals surface area contributed by atoms with Crippen molar-refractivity contribution in [3.05, 3.63) is 24.1 Å². The minimum absolute atomic E-state index is 0.0315. The van der Waals surface area contributed by atoms with Crippen LogP contribution in [0.25, 0.3) is 11.4 Å². The number of hydrogen-bond donors (Lipinski definition) is 0. The van der Waals surface area contributed by atoms with Crippen molar-refractivity contribution in [1.82, 2.24) is 19.9 Å². The molecule has 0 N–H and O–H groups in total. The summed E-state index contributed by atoms with van der Waals surface area (Å²) in [4.78, 5) is 19.5. The van der Waals surface area contributed by atoms with Gasteiger partial charge in [0.25, 0.3) is 0 Å². The van der Waals surface area contributed by atoms with Crippen molar-refractivity contribution in [1.29, 1.82) is 0 Å². The van der Waals surface area contributed by atoms with Crippen LogP contribution in [0.1, 0.15) is 12.8 Å². The first-order chi connectivity index (χ1) is 12.8. The Morgan fingerprint density at radius 2 is 2.04 bits per heavy atom. The predicted octanol–water partition coefficient (Wildman–Crippen LogP) is 2.26. The van der Waals surface area contributed by atoms with Crippen LogP contribution in [0, 0.1) is 0 Å². The number of nitrogens with zero attached hydrogens (tertiary/aromatic N) is 4. The van der Waals surface area contributed by atoms with Gasteiger partial charge in [-0.15, -0.1) is 0 Å². The number of aromatic nitrogens is 2. The van der Waals surface area contributed by atoms with E-state index in [1.54, 1.807) is 14.1 Å². The molecule has 0 saturated carbocycles. The van der Waals surface area contributed by atoms with Crippen molar-refractivity contribution in [3.63, 3.8) is 0 Å². The van der Waals surface area contributed by atoms with Crippen molar-refractivity contribution in [2.45, 2.75) is 20.1 Å². The number of likely N-dealkylation sites (N-methyl/N-ethyl adjacent to an activating group) is 2. The second-order valence-electron chi connectivity index (χ2n) is 5.85. The van der Waals surface area contributed by atoms with Gasteiger partial charge in [-0.05, 0) is 24.7 Å². The van der Waals surface area contributed by atoms with E-state index in [-0.39, 0.29) is 29.8 Å². The Morgan fingerprint density at radius 3 is 2.63 bits per heavy atom. The van der Waals surface area contributed by atoms with Gasteiger partial charge in [0.05, 0.1) is 20.2 Å². The van der Waals surface area contributed by atoms with Crippen LogP contribution >= 0.6 is 0 Å². The SMILES string of the molecule is CCN(CC(=O)N(C)C)Cc1nc(-c2ccc(OC(F)F)c(OC)c2)no1. The molecular formula is C17H22F2N4O4. The first-order valence-corrected chi connectivity index (χ1v) is 8.22. The molecule has 1 aromatic carbocycles. The van der Waals surface area contributed by atoms with Crippen molar-refractivity contribution in [2.75, 3.05) is 34.3 Å². The Hall–Kier alpha value is -2.75. The molecule has 2 rings (SSSR count). The second kappa shape index (κ2) is 9.26. The number of hydrogen-bond acceptors (Lipinski definition) is 7. The zero-order chi connectivity index (χ0) is 20.0. The normalized spacial score (nSPS) is 11.1. The van der Waals surface area contributed by atoms with E-state index in [0.29, 0.717) is 24.5 Å². The van der Waals surface area contributed by atoms with Crippen molar-refractivity contribution in [2.24, 2.45) is 0 Å². The van der Waals surface area contributed by atoms with Crippen molar-refractivity contribution >= 4 is 5.91 Å². The van der Waals surface area contributed by atoms with E-state index in [4.69, 9.17) is 9.26 Å². The summed E-state index contributed by atoms with van der Waals surface area (Å²) in [6.07, 6.45) is 0. The van der Waals surface area contributed by atoms with Crippen molar-refractivity contribution in [3.8, 4) is 22.9 Å². The Labute approximate surface area is 155 Å². The molecule has 2 aromatic rings. The highest BCUT2D eigenvalue weighted by Crippen LogP contribution is 2.32. The molecule has 1 aromatic heterocycles. The first kappa shape index (κ1) is 20.6. The van der Waals surface area contributed by atoms with Gasteiger partial charge < -0.3 is 18.9 Å². The summed E-state index contributed by atoms with van der Waals surface area (Å²) in [5, 5.41) is 3.90. The minimum atomic E-state index is -2.95. The van der Waals surface area contributed by atoms with Crippen LogP contribution in [0.15, 0.2) is 22.7 Å². The van der Waals surface area contributed by atoms with E-state index in [1.165, 1.54) is 30.2 Å². The molecule has 0 aliphatic heterocycles. The summed E-state index contributed by atoms with van der Waals surface area (Å²) in [6.45, 7) is 0.144. The summed E-state index contributed by atoms with van der Waals surface area (Å²) in [6, 6.07) is 4.37. The van der Waals surface area contributed by atoms with Gasteiger partial charge in [0.1, 0.15) is 0 Å². The number of halogens is 2. The maximum atomic E-state index is 12.4. The minimum Gasteiger partial charge on any atom is -0.493 e.